The predicted octanol–water partition coefficient (Wildman–Crippen LogP) is 5.25. The summed E-state index contributed by atoms with van der Waals surface area (Å²) in [5, 5.41) is 38.1. The Balaban J connectivity index is 1.20. The summed E-state index contributed by atoms with van der Waals surface area (Å²) in [6.45, 7) is 19.9. The summed E-state index contributed by atoms with van der Waals surface area (Å²) in [5.41, 5.74) is -3.19. The summed E-state index contributed by atoms with van der Waals surface area (Å²) in [6.07, 6.45) is -3.54. The first-order valence-corrected chi connectivity index (χ1v) is 28.7. The van der Waals surface area contributed by atoms with Gasteiger partial charge in [-0.3, -0.25) is 24.1 Å². The number of benzene rings is 1. The van der Waals surface area contributed by atoms with Crippen molar-refractivity contribution in [3.05, 3.63) is 45.7 Å². The number of rotatable bonds is 20. The van der Waals surface area contributed by atoms with E-state index in [1.54, 1.807) is 33.8 Å². The largest absolute Gasteiger partial charge is 0.477 e. The number of nitrogens with one attached hydrogen (secondary N) is 1. The standard InChI is InChI=1S/C59H94N4O17/c1-16-45-59(10,73-15)52(74-32-64)37(6)62(13)30-33(2)28-57(8,71)51(80-56-49(67)44(61(11)12)26-34(3)75-56)35(4)50(36(5)55(70)77-45)79-47-29-58(9,72-14)53(38(7)76-47)78-46(65)23-25-60-24-17-18-39-19-22-43-41(27-39)48(66)42(54(68)69)31-63(43)40-20-21-40/h19,22,27,31-38,40,44-45,47,49-53,56,60,67,71H,16-18,20-21,23-26,28-30H2,1-15H3,(H,68,69)/t33-,34+,35+,36+,37+,38-,44-,45-,47+,49-,50+,51-,52+,53+,56-,57+,58-,59+/m0/s1. The quantitative estimate of drug-likeness (QED) is 0.0572. The molecule has 2 aromatic rings. The van der Waals surface area contributed by atoms with Crippen molar-refractivity contribution in [3.8, 4) is 0 Å². The number of likely N-dealkylation sites (N-methyl/N-ethyl adjacent to an activating group) is 2. The van der Waals surface area contributed by atoms with Crippen LogP contribution in [0.15, 0.2) is 29.2 Å². The van der Waals surface area contributed by atoms with E-state index in [1.807, 2.05) is 89.2 Å². The van der Waals surface area contributed by atoms with Crippen LogP contribution < -0.4 is 10.7 Å². The van der Waals surface area contributed by atoms with Gasteiger partial charge >= 0.3 is 17.9 Å². The molecule has 18 atom stereocenters. The fourth-order valence-corrected chi connectivity index (χ4v) is 12.8. The number of hydrogen-bond donors (Lipinski definition) is 4. The third kappa shape index (κ3) is 15.0. The fraction of sp³-hybridized carbons (Fsp3) is 0.780. The van der Waals surface area contributed by atoms with Crippen LogP contribution in [0.5, 0.6) is 0 Å². The summed E-state index contributed by atoms with van der Waals surface area (Å²) in [6, 6.07) is 5.07. The van der Waals surface area contributed by atoms with Crippen molar-refractivity contribution < 1.29 is 77.1 Å². The fourth-order valence-electron chi connectivity index (χ4n) is 12.8. The van der Waals surface area contributed by atoms with Crippen LogP contribution >= 0.6 is 0 Å². The number of aliphatic hydroxyl groups excluding tert-OH is 1. The van der Waals surface area contributed by atoms with Crippen molar-refractivity contribution >= 4 is 35.3 Å². The molecule has 3 aliphatic heterocycles. The second kappa shape index (κ2) is 27.5. The minimum Gasteiger partial charge on any atom is -0.477 e. The SMILES string of the molecule is CC[C@@H]1OC(=O)[C@H](C)[C@H](O[C@@H]2C[C@](C)(OC)[C@H](OC(=O)CCNCCCc3ccc4c(c3)c(=O)c(C(=O)O)cn4C3CC3)[C@H](C)O2)[C@@H](C)[C@H](O[C@@H]2O[C@H](C)C[C@H](N(C)C)[C@@H]2O)[C@](C)(O)C[C@H](C)CN(C)[C@H](C)[C@@H](OC=O)[C@]1(C)OC. The number of carbonyl (C=O) groups is 4. The van der Waals surface area contributed by atoms with Gasteiger partial charge in [-0.1, -0.05) is 26.8 Å². The molecule has 1 aromatic heterocycles. The molecule has 4 aliphatic rings. The van der Waals surface area contributed by atoms with Crippen LogP contribution in [-0.2, 0) is 63.4 Å². The van der Waals surface area contributed by atoms with Crippen LogP contribution in [0.25, 0.3) is 10.9 Å². The van der Waals surface area contributed by atoms with Gasteiger partial charge in [0, 0.05) is 69.4 Å². The maximum absolute atomic E-state index is 14.9. The van der Waals surface area contributed by atoms with Crippen LogP contribution in [0.3, 0.4) is 0 Å². The van der Waals surface area contributed by atoms with Gasteiger partial charge in [-0.05, 0) is 145 Å². The average Bonchev–Trinajstić information content (AvgIpc) is 4.37. The van der Waals surface area contributed by atoms with Gasteiger partial charge in [-0.15, -0.1) is 0 Å². The molecule has 452 valence electrons. The van der Waals surface area contributed by atoms with Crippen molar-refractivity contribution in [2.24, 2.45) is 17.8 Å². The summed E-state index contributed by atoms with van der Waals surface area (Å²) in [4.78, 5) is 69.6. The molecule has 4 fully saturated rings. The van der Waals surface area contributed by atoms with Crippen LogP contribution in [-0.4, -0.2) is 199 Å². The van der Waals surface area contributed by atoms with E-state index in [9.17, 15) is 39.3 Å². The molecule has 0 bridgehead atoms. The Morgan fingerprint density at radius 3 is 2.26 bits per heavy atom. The molecule has 1 aliphatic carbocycles. The van der Waals surface area contributed by atoms with Crippen molar-refractivity contribution in [3.63, 3.8) is 0 Å². The number of cyclic esters (lactones) is 1. The smallest absolute Gasteiger partial charge is 0.341 e. The van der Waals surface area contributed by atoms with Gasteiger partial charge < -0.3 is 72.7 Å². The van der Waals surface area contributed by atoms with E-state index in [-0.39, 0.29) is 48.9 Å². The Kier molecular flexibility index (Phi) is 22.4. The molecule has 1 saturated carbocycles. The number of fused-ring (bicyclic) bond motifs is 1. The summed E-state index contributed by atoms with van der Waals surface area (Å²) >= 11 is 0. The van der Waals surface area contributed by atoms with E-state index in [0.717, 1.165) is 23.9 Å². The molecule has 4 N–H and O–H groups in total. The molecule has 1 aromatic carbocycles. The number of carboxylic acids is 1. The number of esters is 2. The third-order valence-electron chi connectivity index (χ3n) is 17.6. The van der Waals surface area contributed by atoms with Gasteiger partial charge in [0.15, 0.2) is 18.7 Å². The lowest BCUT2D eigenvalue weighted by Gasteiger charge is -2.49. The number of aryl methyl sites for hydroxylation is 1. The number of aliphatic hydroxyl groups is 2. The molecule has 21 nitrogen and oxygen atoms in total. The van der Waals surface area contributed by atoms with E-state index >= 15 is 0 Å². The zero-order valence-corrected chi connectivity index (χ0v) is 50.0. The number of ether oxygens (including phenoxy) is 9. The summed E-state index contributed by atoms with van der Waals surface area (Å²) < 4.78 is 59.3. The van der Waals surface area contributed by atoms with Crippen LogP contribution in [0.4, 0.5) is 0 Å². The van der Waals surface area contributed by atoms with Gasteiger partial charge in [-0.2, -0.15) is 0 Å². The van der Waals surface area contributed by atoms with Gasteiger partial charge in [-0.25, -0.2) is 4.79 Å². The number of carbonyl (C=O) groups excluding carboxylic acids is 3. The lowest BCUT2D eigenvalue weighted by molar-refractivity contribution is -0.318. The third-order valence-corrected chi connectivity index (χ3v) is 17.6. The van der Waals surface area contributed by atoms with Crippen LogP contribution in [0.2, 0.25) is 0 Å². The highest BCUT2D eigenvalue weighted by molar-refractivity contribution is 5.92. The first-order valence-electron chi connectivity index (χ1n) is 28.7. The molecule has 0 amide bonds. The molecule has 21 heteroatoms. The maximum atomic E-state index is 14.9. The lowest BCUT2D eigenvalue weighted by atomic mass is 9.77. The lowest BCUT2D eigenvalue weighted by Crippen LogP contribution is -2.61. The molecule has 3 saturated heterocycles. The highest BCUT2D eigenvalue weighted by Crippen LogP contribution is 2.42. The van der Waals surface area contributed by atoms with Gasteiger partial charge in [0.05, 0.1) is 47.9 Å². The van der Waals surface area contributed by atoms with Crippen molar-refractivity contribution in [2.45, 2.75) is 223 Å². The monoisotopic (exact) mass is 1130 g/mol. The molecule has 0 unspecified atom stereocenters. The number of methoxy groups -OCH3 is 2. The topological polar surface area (TPSA) is 253 Å². The predicted molar refractivity (Wildman–Crippen MR) is 297 cm³/mol. The Morgan fingerprint density at radius 2 is 1.65 bits per heavy atom. The van der Waals surface area contributed by atoms with Gasteiger partial charge in [0.25, 0.3) is 6.47 Å². The maximum Gasteiger partial charge on any atom is 0.341 e. The van der Waals surface area contributed by atoms with Crippen LogP contribution in [0, 0.1) is 17.8 Å². The summed E-state index contributed by atoms with van der Waals surface area (Å²) in [5.74, 6) is -4.47. The minimum absolute atomic E-state index is 0.0439. The molecule has 0 spiro atoms. The number of nitrogens with zero attached hydrogens (tertiary/aromatic N) is 3. The molecular weight excluding hydrogens is 1040 g/mol. The summed E-state index contributed by atoms with van der Waals surface area (Å²) in [7, 11) is 8.66. The van der Waals surface area contributed by atoms with Crippen LogP contribution in [0.1, 0.15) is 143 Å². The average molecular weight is 1130 g/mol. The number of carboxylic acid groups (broad SMARTS) is 1. The molecule has 6 rings (SSSR count). The number of hydrogen-bond acceptors (Lipinski definition) is 19. The first-order chi connectivity index (χ1) is 37.6. The Bertz CT molecular complexity index is 2470. The number of aromatic nitrogens is 1. The van der Waals surface area contributed by atoms with E-state index in [0.29, 0.717) is 57.2 Å². The zero-order chi connectivity index (χ0) is 59.2. The van der Waals surface area contributed by atoms with Crippen molar-refractivity contribution in [2.75, 3.05) is 55.0 Å². The van der Waals surface area contributed by atoms with E-state index in [1.165, 1.54) is 20.4 Å². The normalized spacial score (nSPS) is 37.1. The van der Waals surface area contributed by atoms with Crippen molar-refractivity contribution in [1.82, 2.24) is 19.7 Å². The number of pyridine rings is 1. The first kappa shape index (κ1) is 65.0. The Hall–Kier alpha value is -4.13. The molecular formula is C59H94N4O17. The second-order valence-corrected chi connectivity index (χ2v) is 24.3. The van der Waals surface area contributed by atoms with Gasteiger partial charge in [0.2, 0.25) is 5.43 Å². The van der Waals surface area contributed by atoms with E-state index in [4.69, 9.17) is 42.6 Å². The molecule has 4 heterocycles. The highest BCUT2D eigenvalue weighted by atomic mass is 16.7. The van der Waals surface area contributed by atoms with E-state index in [2.05, 4.69) is 5.32 Å². The minimum atomic E-state index is -1.64. The Morgan fingerprint density at radius 1 is 0.950 bits per heavy atom. The zero-order valence-electron chi connectivity index (χ0n) is 50.0. The van der Waals surface area contributed by atoms with Crippen molar-refractivity contribution in [1.29, 1.82) is 0 Å². The molecule has 0 radical (unpaired) electrons. The Labute approximate surface area is 472 Å². The highest BCUT2D eigenvalue weighted by Gasteiger charge is 2.54. The van der Waals surface area contributed by atoms with E-state index < -0.39 is 113 Å². The molecule has 80 heavy (non-hydrogen) atoms. The number of aromatic carboxylic acids is 1. The van der Waals surface area contributed by atoms with Gasteiger partial charge in [0.1, 0.15) is 35.1 Å². The second-order valence-electron chi connectivity index (χ2n) is 24.3.